The molecule has 7 nitrogen and oxygen atoms in total. The van der Waals surface area contributed by atoms with Gasteiger partial charge in [-0.15, -0.1) is 0 Å². The summed E-state index contributed by atoms with van der Waals surface area (Å²) >= 11 is 0. The molecule has 182 valence electrons. The van der Waals surface area contributed by atoms with Crippen molar-refractivity contribution in [3.8, 4) is 5.75 Å². The molecule has 4 amide bonds. The molecule has 4 rings (SSSR count). The number of imide groups is 2. The normalized spacial score (nSPS) is 18.4. The first-order valence-electron chi connectivity index (χ1n) is 11.4. The van der Waals surface area contributed by atoms with E-state index in [0.29, 0.717) is 5.75 Å². The van der Waals surface area contributed by atoms with E-state index in [2.05, 4.69) is 37.1 Å². The fraction of sp³-hybridized carbons (Fsp3) is 0.296. The molecule has 35 heavy (non-hydrogen) atoms. The number of fused-ring (bicyclic) bond motifs is 1. The molecule has 2 aliphatic rings. The summed E-state index contributed by atoms with van der Waals surface area (Å²) in [7, 11) is 1.50. The molecular weight excluding hydrogens is 449 g/mol. The fourth-order valence-corrected chi connectivity index (χ4v) is 4.64. The van der Waals surface area contributed by atoms with Crippen molar-refractivity contribution in [3.63, 3.8) is 0 Å². The SMILES string of the molecule is CCCN1c2cc(F)c(/C=C3/C(=O)NC(=O)N(c4ccc(OC)cc4)C3=O)cc2C(C)=CC1(C)C. The molecule has 2 aromatic rings. The van der Waals surface area contributed by atoms with E-state index in [0.717, 1.165) is 34.7 Å². The van der Waals surface area contributed by atoms with Crippen LogP contribution in [0.4, 0.5) is 20.6 Å². The number of barbiturate groups is 1. The molecule has 2 aromatic carbocycles. The van der Waals surface area contributed by atoms with E-state index in [9.17, 15) is 14.4 Å². The van der Waals surface area contributed by atoms with Crippen molar-refractivity contribution in [1.29, 1.82) is 0 Å². The molecule has 0 aromatic heterocycles. The zero-order valence-electron chi connectivity index (χ0n) is 20.4. The van der Waals surface area contributed by atoms with E-state index in [1.165, 1.54) is 31.4 Å². The van der Waals surface area contributed by atoms with Crippen molar-refractivity contribution in [3.05, 3.63) is 65.0 Å². The number of amides is 4. The van der Waals surface area contributed by atoms with E-state index < -0.39 is 23.7 Å². The topological polar surface area (TPSA) is 79.0 Å². The molecule has 0 unspecified atom stereocenters. The van der Waals surface area contributed by atoms with Gasteiger partial charge in [-0.2, -0.15) is 0 Å². The zero-order chi connectivity index (χ0) is 25.5. The first-order valence-corrected chi connectivity index (χ1v) is 11.4. The van der Waals surface area contributed by atoms with Crippen LogP contribution in [0.1, 0.15) is 45.2 Å². The number of carbonyl (C=O) groups is 3. The molecule has 0 aliphatic carbocycles. The van der Waals surface area contributed by atoms with Gasteiger partial charge in [0.1, 0.15) is 17.1 Å². The van der Waals surface area contributed by atoms with E-state index >= 15 is 4.39 Å². The fourth-order valence-electron chi connectivity index (χ4n) is 4.64. The Bertz CT molecular complexity index is 1280. The maximum absolute atomic E-state index is 15.3. The summed E-state index contributed by atoms with van der Waals surface area (Å²) in [6.07, 6.45) is 4.23. The van der Waals surface area contributed by atoms with Gasteiger partial charge in [-0.05, 0) is 75.2 Å². The van der Waals surface area contributed by atoms with Crippen LogP contribution in [0.15, 0.2) is 48.0 Å². The molecule has 0 spiro atoms. The predicted octanol–water partition coefficient (Wildman–Crippen LogP) is 4.91. The molecule has 0 atom stereocenters. The quantitative estimate of drug-likeness (QED) is 0.489. The zero-order valence-corrected chi connectivity index (χ0v) is 20.4. The van der Waals surface area contributed by atoms with E-state index in [1.54, 1.807) is 18.2 Å². The molecule has 8 heteroatoms. The monoisotopic (exact) mass is 477 g/mol. The van der Waals surface area contributed by atoms with Crippen LogP contribution in [0.5, 0.6) is 5.75 Å². The molecule has 1 N–H and O–H groups in total. The lowest BCUT2D eigenvalue weighted by Crippen LogP contribution is -2.54. The first-order chi connectivity index (χ1) is 16.6. The number of benzene rings is 2. The summed E-state index contributed by atoms with van der Waals surface area (Å²) < 4.78 is 20.4. The van der Waals surface area contributed by atoms with Gasteiger partial charge in [0.2, 0.25) is 0 Å². The van der Waals surface area contributed by atoms with Gasteiger partial charge in [0.05, 0.1) is 18.3 Å². The molecular formula is C27H28FN3O4. The molecule has 2 aliphatic heterocycles. The van der Waals surface area contributed by atoms with Crippen LogP contribution >= 0.6 is 0 Å². The van der Waals surface area contributed by atoms with Gasteiger partial charge in [0.25, 0.3) is 11.8 Å². The number of carbonyl (C=O) groups excluding carboxylic acids is 3. The van der Waals surface area contributed by atoms with E-state index in [-0.39, 0.29) is 22.4 Å². The van der Waals surface area contributed by atoms with Gasteiger partial charge >= 0.3 is 6.03 Å². The standard InChI is InChI=1S/C27H28FN3O4/c1-6-11-30-23-14-22(28)17(12-20(23)16(2)15-27(30,3)4)13-21-24(32)29-26(34)31(25(21)33)18-7-9-19(35-5)10-8-18/h7-10,12-15H,6,11H2,1-5H3,(H,29,32,34)/b21-13-. The van der Waals surface area contributed by atoms with Crippen molar-refractivity contribution < 1.29 is 23.5 Å². The number of nitrogens with one attached hydrogen (secondary N) is 1. The number of nitrogens with zero attached hydrogens (tertiary/aromatic N) is 2. The van der Waals surface area contributed by atoms with Crippen molar-refractivity contribution in [2.45, 2.75) is 39.7 Å². The minimum Gasteiger partial charge on any atom is -0.497 e. The van der Waals surface area contributed by atoms with Crippen molar-refractivity contribution >= 4 is 40.9 Å². The van der Waals surface area contributed by atoms with Crippen LogP contribution in [0.2, 0.25) is 0 Å². The molecule has 0 bridgehead atoms. The number of anilines is 2. The number of rotatable bonds is 5. The third-order valence-corrected chi connectivity index (χ3v) is 6.28. The summed E-state index contributed by atoms with van der Waals surface area (Å²) in [5, 5.41) is 2.17. The minimum absolute atomic E-state index is 0.0928. The number of urea groups is 1. The molecule has 1 fully saturated rings. The van der Waals surface area contributed by atoms with Crippen molar-refractivity contribution in [1.82, 2.24) is 5.32 Å². The van der Waals surface area contributed by atoms with Crippen LogP contribution in [0.25, 0.3) is 11.6 Å². The number of hydrogen-bond acceptors (Lipinski definition) is 5. The lowest BCUT2D eigenvalue weighted by molar-refractivity contribution is -0.122. The average Bonchev–Trinajstić information content (AvgIpc) is 2.80. The lowest BCUT2D eigenvalue weighted by Gasteiger charge is -2.43. The second-order valence-electron chi connectivity index (χ2n) is 9.18. The maximum Gasteiger partial charge on any atom is 0.335 e. The maximum atomic E-state index is 15.3. The highest BCUT2D eigenvalue weighted by molar-refractivity contribution is 6.39. The van der Waals surface area contributed by atoms with Crippen LogP contribution in [0, 0.1) is 5.82 Å². The molecule has 1 saturated heterocycles. The number of ether oxygens (including phenoxy) is 1. The Kier molecular flexibility index (Phi) is 6.23. The third-order valence-electron chi connectivity index (χ3n) is 6.28. The number of methoxy groups -OCH3 is 1. The second-order valence-corrected chi connectivity index (χ2v) is 9.18. The first kappa shape index (κ1) is 24.2. The Morgan fingerprint density at radius 2 is 1.80 bits per heavy atom. The summed E-state index contributed by atoms with van der Waals surface area (Å²) in [5.74, 6) is -1.72. The van der Waals surface area contributed by atoms with Gasteiger partial charge in [-0.3, -0.25) is 14.9 Å². The van der Waals surface area contributed by atoms with Crippen LogP contribution < -0.4 is 19.9 Å². The van der Waals surface area contributed by atoms with E-state index in [1.807, 2.05) is 6.92 Å². The number of hydrogen-bond donors (Lipinski definition) is 1. The van der Waals surface area contributed by atoms with Crippen molar-refractivity contribution in [2.75, 3.05) is 23.5 Å². The van der Waals surface area contributed by atoms with Gasteiger partial charge < -0.3 is 9.64 Å². The smallest absolute Gasteiger partial charge is 0.335 e. The summed E-state index contributed by atoms with van der Waals surface area (Å²) in [4.78, 5) is 41.2. The van der Waals surface area contributed by atoms with Gasteiger partial charge in [0, 0.05) is 23.4 Å². The Labute approximate surface area is 203 Å². The Hall–Kier alpha value is -3.94. The Morgan fingerprint density at radius 3 is 2.43 bits per heavy atom. The van der Waals surface area contributed by atoms with Gasteiger partial charge in [0.15, 0.2) is 0 Å². The second kappa shape index (κ2) is 9.02. The molecule has 0 radical (unpaired) electrons. The largest absolute Gasteiger partial charge is 0.497 e. The van der Waals surface area contributed by atoms with Gasteiger partial charge in [-0.25, -0.2) is 14.1 Å². The highest BCUT2D eigenvalue weighted by Crippen LogP contribution is 2.40. The summed E-state index contributed by atoms with van der Waals surface area (Å²) in [6, 6.07) is 8.48. The highest BCUT2D eigenvalue weighted by atomic mass is 19.1. The lowest BCUT2D eigenvalue weighted by atomic mass is 9.87. The predicted molar refractivity (Wildman–Crippen MR) is 134 cm³/mol. The van der Waals surface area contributed by atoms with E-state index in [4.69, 9.17) is 4.74 Å². The number of allylic oxidation sites excluding steroid dienone is 1. The summed E-state index contributed by atoms with van der Waals surface area (Å²) in [6.45, 7) is 8.95. The average molecular weight is 478 g/mol. The Balaban J connectivity index is 1.77. The third kappa shape index (κ3) is 4.32. The van der Waals surface area contributed by atoms with Crippen LogP contribution in [-0.4, -0.2) is 37.0 Å². The minimum atomic E-state index is -0.872. The van der Waals surface area contributed by atoms with Crippen LogP contribution in [0.3, 0.4) is 0 Å². The number of halogens is 1. The highest BCUT2D eigenvalue weighted by Gasteiger charge is 2.37. The van der Waals surface area contributed by atoms with Crippen molar-refractivity contribution in [2.24, 2.45) is 0 Å². The van der Waals surface area contributed by atoms with Crippen LogP contribution in [-0.2, 0) is 9.59 Å². The molecule has 2 heterocycles. The molecule has 0 saturated carbocycles. The Morgan fingerprint density at radius 1 is 1.11 bits per heavy atom. The summed E-state index contributed by atoms with van der Waals surface area (Å²) in [5.41, 5.74) is 2.32. The van der Waals surface area contributed by atoms with Gasteiger partial charge in [-0.1, -0.05) is 13.0 Å².